The highest BCUT2D eigenvalue weighted by atomic mass is 14.8. The molecule has 3 atom stereocenters. The summed E-state index contributed by atoms with van der Waals surface area (Å²) in [5.41, 5.74) is 19.0. The number of benzene rings is 5. The molecule has 264 valence electrons. The summed E-state index contributed by atoms with van der Waals surface area (Å²) in [6.07, 6.45) is 24.0. The number of hydrogen-bond acceptors (Lipinski definition) is 1. The number of nitrogens with zero attached hydrogens (tertiary/aromatic N) is 1. The van der Waals surface area contributed by atoms with Gasteiger partial charge in [0.05, 0.1) is 16.8 Å². The van der Waals surface area contributed by atoms with Gasteiger partial charge < -0.3 is 0 Å². The van der Waals surface area contributed by atoms with E-state index in [0.717, 1.165) is 36.2 Å². The van der Waals surface area contributed by atoms with Crippen LogP contribution in [0.4, 0.5) is 0 Å². The molecule has 0 aliphatic heterocycles. The summed E-state index contributed by atoms with van der Waals surface area (Å²) in [6, 6.07) is 46.7. The lowest BCUT2D eigenvalue weighted by molar-refractivity contribution is 0.655. The van der Waals surface area contributed by atoms with Crippen LogP contribution in [0.2, 0.25) is 0 Å². The van der Waals surface area contributed by atoms with Crippen molar-refractivity contribution in [1.29, 1.82) is 0 Å². The van der Waals surface area contributed by atoms with Gasteiger partial charge in [-0.25, -0.2) is 4.99 Å². The Morgan fingerprint density at radius 1 is 0.691 bits per heavy atom. The van der Waals surface area contributed by atoms with Crippen LogP contribution in [0.25, 0.3) is 28.0 Å². The minimum Gasteiger partial charge on any atom is -0.248 e. The Hall–Kier alpha value is -6.31. The first-order valence-electron chi connectivity index (χ1n) is 19.7. The minimum atomic E-state index is -0.574. The Balaban J connectivity index is 1.19. The fourth-order valence-corrected chi connectivity index (χ4v) is 9.81. The molecule has 5 aliphatic carbocycles. The van der Waals surface area contributed by atoms with Gasteiger partial charge in [0, 0.05) is 17.1 Å². The summed E-state index contributed by atoms with van der Waals surface area (Å²) in [6.45, 7) is 6.94. The molecule has 10 rings (SSSR count). The summed E-state index contributed by atoms with van der Waals surface area (Å²) in [7, 11) is 0. The fraction of sp³-hybridized carbons (Fsp3) is 0.130. The normalized spacial score (nSPS) is 21.8. The van der Waals surface area contributed by atoms with Crippen LogP contribution in [0.1, 0.15) is 58.7 Å². The van der Waals surface area contributed by atoms with E-state index in [0.29, 0.717) is 11.8 Å². The molecule has 0 radical (unpaired) electrons. The standard InChI is InChI=1S/C54H43N/c1-36-44-22-11-13-26-49(44)54(52(36)53(55-37(2)40-18-7-4-8-19-40)48-25-15-21-42-20-9-10-23-45(42)48)50-27-14-12-24-46(50)47-33-32-43(35-51(47)54)41-30-28-39(29-31-41)34-38-16-5-3-6-17-38/h3-20,22-28,30-33,35,39,42H,2,21,29,34H2,1H3. The predicted octanol–water partition coefficient (Wildman–Crippen LogP) is 13.1. The highest BCUT2D eigenvalue weighted by Crippen LogP contribution is 2.63. The van der Waals surface area contributed by atoms with Crippen LogP contribution < -0.4 is 0 Å². The number of hydrogen-bond donors (Lipinski definition) is 0. The number of fused-ring (bicyclic) bond motifs is 8. The van der Waals surface area contributed by atoms with E-state index in [-0.39, 0.29) is 0 Å². The Morgan fingerprint density at radius 2 is 1.40 bits per heavy atom. The van der Waals surface area contributed by atoms with Gasteiger partial charge in [0.2, 0.25) is 0 Å². The molecule has 5 aromatic carbocycles. The molecule has 0 heterocycles. The maximum atomic E-state index is 5.67. The molecule has 0 N–H and O–H groups in total. The largest absolute Gasteiger partial charge is 0.248 e. The van der Waals surface area contributed by atoms with Crippen molar-refractivity contribution in [2.24, 2.45) is 16.8 Å². The lowest BCUT2D eigenvalue weighted by Gasteiger charge is -2.35. The van der Waals surface area contributed by atoms with Crippen molar-refractivity contribution in [3.63, 3.8) is 0 Å². The van der Waals surface area contributed by atoms with Crippen LogP contribution in [0.3, 0.4) is 0 Å². The van der Waals surface area contributed by atoms with E-state index in [1.54, 1.807) is 0 Å². The third kappa shape index (κ3) is 5.41. The molecule has 1 spiro atoms. The van der Waals surface area contributed by atoms with Crippen LogP contribution in [0.5, 0.6) is 0 Å². The quantitative estimate of drug-likeness (QED) is 0.150. The second-order valence-corrected chi connectivity index (χ2v) is 15.4. The Bertz CT molecular complexity index is 2630. The molecular weight excluding hydrogens is 663 g/mol. The van der Waals surface area contributed by atoms with E-state index < -0.39 is 5.41 Å². The fourth-order valence-electron chi connectivity index (χ4n) is 9.81. The van der Waals surface area contributed by atoms with Crippen molar-refractivity contribution in [2.75, 3.05) is 0 Å². The van der Waals surface area contributed by atoms with E-state index in [2.05, 4.69) is 196 Å². The summed E-state index contributed by atoms with van der Waals surface area (Å²) < 4.78 is 0. The molecule has 55 heavy (non-hydrogen) atoms. The molecule has 0 saturated carbocycles. The van der Waals surface area contributed by atoms with Crippen molar-refractivity contribution >= 4 is 22.6 Å². The third-order valence-corrected chi connectivity index (χ3v) is 12.4. The highest BCUT2D eigenvalue weighted by molar-refractivity contribution is 6.24. The zero-order valence-electron chi connectivity index (χ0n) is 31.3. The summed E-state index contributed by atoms with van der Waals surface area (Å²) in [4.78, 5) is 5.67. The van der Waals surface area contributed by atoms with Crippen molar-refractivity contribution in [3.05, 3.63) is 244 Å². The molecule has 3 unspecified atom stereocenters. The van der Waals surface area contributed by atoms with Gasteiger partial charge in [-0.1, -0.05) is 183 Å². The van der Waals surface area contributed by atoms with Gasteiger partial charge in [-0.2, -0.15) is 0 Å². The lowest BCUT2D eigenvalue weighted by Crippen LogP contribution is -2.33. The van der Waals surface area contributed by atoms with Gasteiger partial charge in [0.15, 0.2) is 0 Å². The molecule has 0 amide bonds. The van der Waals surface area contributed by atoms with Crippen molar-refractivity contribution in [1.82, 2.24) is 0 Å². The van der Waals surface area contributed by atoms with E-state index in [1.165, 1.54) is 72.4 Å². The zero-order chi connectivity index (χ0) is 36.9. The first kappa shape index (κ1) is 33.3. The van der Waals surface area contributed by atoms with E-state index in [1.807, 2.05) is 0 Å². The summed E-state index contributed by atoms with van der Waals surface area (Å²) in [5, 5.41) is 0. The van der Waals surface area contributed by atoms with Crippen molar-refractivity contribution in [3.8, 4) is 11.1 Å². The molecule has 5 aromatic rings. The second-order valence-electron chi connectivity index (χ2n) is 15.4. The number of rotatable bonds is 7. The topological polar surface area (TPSA) is 12.4 Å². The molecule has 0 saturated heterocycles. The molecule has 1 heteroatoms. The third-order valence-electron chi connectivity index (χ3n) is 12.4. The van der Waals surface area contributed by atoms with Gasteiger partial charge in [0.1, 0.15) is 0 Å². The first-order chi connectivity index (χ1) is 27.1. The van der Waals surface area contributed by atoms with Gasteiger partial charge in [0.25, 0.3) is 0 Å². The predicted molar refractivity (Wildman–Crippen MR) is 232 cm³/mol. The zero-order valence-corrected chi connectivity index (χ0v) is 31.3. The van der Waals surface area contributed by atoms with E-state index in [9.17, 15) is 0 Å². The lowest BCUT2D eigenvalue weighted by atomic mass is 9.66. The van der Waals surface area contributed by atoms with Crippen LogP contribution in [0, 0.1) is 11.8 Å². The molecule has 5 aliphatic rings. The monoisotopic (exact) mass is 705 g/mol. The molecule has 0 bridgehead atoms. The van der Waals surface area contributed by atoms with Crippen LogP contribution in [-0.4, -0.2) is 5.71 Å². The Morgan fingerprint density at radius 3 is 2.18 bits per heavy atom. The average Bonchev–Trinajstić information content (AvgIpc) is 3.68. The van der Waals surface area contributed by atoms with E-state index >= 15 is 0 Å². The maximum Gasteiger partial charge on any atom is 0.0762 e. The Kier molecular flexibility index (Phi) is 8.18. The van der Waals surface area contributed by atoms with Gasteiger partial charge >= 0.3 is 0 Å². The van der Waals surface area contributed by atoms with E-state index in [4.69, 9.17) is 4.99 Å². The molecular formula is C54H43N. The van der Waals surface area contributed by atoms with Crippen molar-refractivity contribution < 1.29 is 0 Å². The van der Waals surface area contributed by atoms with Crippen LogP contribution >= 0.6 is 0 Å². The Labute approximate surface area is 325 Å². The maximum absolute atomic E-state index is 5.67. The summed E-state index contributed by atoms with van der Waals surface area (Å²) in [5.74, 6) is 0.809. The van der Waals surface area contributed by atoms with Crippen LogP contribution in [-0.2, 0) is 11.8 Å². The van der Waals surface area contributed by atoms with Gasteiger partial charge in [-0.15, -0.1) is 0 Å². The van der Waals surface area contributed by atoms with Crippen LogP contribution in [0.15, 0.2) is 210 Å². The van der Waals surface area contributed by atoms with Gasteiger partial charge in [-0.05, 0) is 105 Å². The number of aliphatic imine (C=N–C) groups is 1. The summed E-state index contributed by atoms with van der Waals surface area (Å²) >= 11 is 0. The number of allylic oxidation sites excluding steroid dienone is 14. The first-order valence-corrected chi connectivity index (χ1v) is 19.7. The average molecular weight is 706 g/mol. The van der Waals surface area contributed by atoms with Gasteiger partial charge in [-0.3, -0.25) is 0 Å². The SMILES string of the molecule is C=C(N=C(C1=C2C=CC=CC2CC=C1)C1=C(C)c2ccccc2C12c1ccccc1-c1ccc(C3=CCC(Cc4ccccc4)C=C3)cc12)c1ccccc1. The molecule has 1 nitrogen and oxygen atoms in total. The molecule has 0 aromatic heterocycles. The highest BCUT2D eigenvalue weighted by Gasteiger charge is 2.54. The molecule has 0 fully saturated rings. The van der Waals surface area contributed by atoms with Crippen molar-refractivity contribution in [2.45, 2.75) is 31.6 Å². The smallest absolute Gasteiger partial charge is 0.0762 e. The minimum absolute atomic E-state index is 0.311. The second kappa shape index (κ2) is 13.5.